The van der Waals surface area contributed by atoms with Crippen molar-refractivity contribution in [2.45, 2.75) is 39.2 Å². The van der Waals surface area contributed by atoms with Gasteiger partial charge in [-0.05, 0) is 55.7 Å². The molecule has 0 bridgehead atoms. The van der Waals surface area contributed by atoms with Gasteiger partial charge in [0.05, 0.1) is 23.8 Å². The summed E-state index contributed by atoms with van der Waals surface area (Å²) in [4.78, 5) is 32.2. The van der Waals surface area contributed by atoms with Crippen LogP contribution in [-0.2, 0) is 28.9 Å². The number of aryl methyl sites for hydroxylation is 2. The average molecular weight is 467 g/mol. The summed E-state index contributed by atoms with van der Waals surface area (Å²) >= 11 is 3.13. The van der Waals surface area contributed by atoms with E-state index >= 15 is 0 Å². The van der Waals surface area contributed by atoms with E-state index in [1.165, 1.54) is 18.4 Å². The number of anilines is 1. The molecule has 164 valence electrons. The Morgan fingerprint density at radius 3 is 2.88 bits per heavy atom. The van der Waals surface area contributed by atoms with Crippen molar-refractivity contribution in [1.82, 2.24) is 14.8 Å². The number of hydrogen-bond acceptors (Lipinski definition) is 7. The maximum atomic E-state index is 13.0. The van der Waals surface area contributed by atoms with Crippen LogP contribution in [0.15, 0.2) is 29.8 Å². The van der Waals surface area contributed by atoms with E-state index in [1.54, 1.807) is 22.2 Å². The highest BCUT2D eigenvalue weighted by Gasteiger charge is 2.27. The van der Waals surface area contributed by atoms with Gasteiger partial charge >= 0.3 is 5.97 Å². The Morgan fingerprint density at radius 1 is 1.25 bits per heavy atom. The number of thiophene rings is 2. The minimum atomic E-state index is -0.401. The number of pyridine rings is 1. The molecule has 0 aliphatic heterocycles. The van der Waals surface area contributed by atoms with Gasteiger partial charge in [0.1, 0.15) is 11.5 Å². The van der Waals surface area contributed by atoms with Crippen LogP contribution in [0.25, 0.3) is 21.5 Å². The van der Waals surface area contributed by atoms with Crippen LogP contribution in [0.1, 0.15) is 39.3 Å². The molecule has 5 rings (SSSR count). The molecule has 0 aromatic carbocycles. The van der Waals surface area contributed by atoms with Gasteiger partial charge in [0.25, 0.3) is 0 Å². The number of carbonyl (C=O) groups is 2. The molecule has 0 atom stereocenters. The van der Waals surface area contributed by atoms with Crippen molar-refractivity contribution in [3.05, 3.63) is 51.5 Å². The van der Waals surface area contributed by atoms with Gasteiger partial charge in [0.15, 0.2) is 5.65 Å². The standard InChI is InChI=1S/C23H22N4O3S2/c1-13-19-15(16-8-5-11-31-16)9-10-24-21(19)27(26-13)12-18(28)25-22-20(23(29)30-2)14-6-3-4-7-17(14)32-22/h5,8-11H,3-4,6-7,12H2,1-2H3,(H,25,28). The maximum Gasteiger partial charge on any atom is 0.341 e. The summed E-state index contributed by atoms with van der Waals surface area (Å²) in [6.45, 7) is 1.94. The highest BCUT2D eigenvalue weighted by Crippen LogP contribution is 2.38. The van der Waals surface area contributed by atoms with Crippen LogP contribution >= 0.6 is 22.7 Å². The maximum absolute atomic E-state index is 13.0. The van der Waals surface area contributed by atoms with Gasteiger partial charge in [-0.25, -0.2) is 14.5 Å². The van der Waals surface area contributed by atoms with Gasteiger partial charge in [0.2, 0.25) is 5.91 Å². The van der Waals surface area contributed by atoms with Gasteiger partial charge in [-0.1, -0.05) is 6.07 Å². The number of nitrogens with one attached hydrogen (secondary N) is 1. The van der Waals surface area contributed by atoms with Gasteiger partial charge < -0.3 is 10.1 Å². The molecule has 4 heterocycles. The Labute approximate surface area is 193 Å². The molecule has 1 aliphatic rings. The fourth-order valence-corrected chi connectivity index (χ4v) is 6.35. The lowest BCUT2D eigenvalue weighted by molar-refractivity contribution is -0.116. The lowest BCUT2D eigenvalue weighted by atomic mass is 9.95. The third kappa shape index (κ3) is 3.61. The Hall–Kier alpha value is -3.04. The van der Waals surface area contributed by atoms with E-state index in [0.29, 0.717) is 16.2 Å². The number of rotatable bonds is 5. The molecule has 7 nitrogen and oxygen atoms in total. The monoisotopic (exact) mass is 466 g/mol. The number of amides is 1. The summed E-state index contributed by atoms with van der Waals surface area (Å²) in [7, 11) is 1.37. The SMILES string of the molecule is COC(=O)c1c(NC(=O)Cn2nc(C)c3c(-c4cccs4)ccnc32)sc2c1CCCC2. The number of carbonyl (C=O) groups excluding carboxylic acids is 2. The van der Waals surface area contributed by atoms with E-state index in [4.69, 9.17) is 4.74 Å². The fraction of sp³-hybridized carbons (Fsp3) is 0.304. The summed E-state index contributed by atoms with van der Waals surface area (Å²) in [5.74, 6) is -0.649. The van der Waals surface area contributed by atoms with Crippen LogP contribution in [0.3, 0.4) is 0 Å². The minimum absolute atomic E-state index is 0.00835. The number of methoxy groups -OCH3 is 1. The van der Waals surface area contributed by atoms with E-state index in [9.17, 15) is 9.59 Å². The zero-order chi connectivity index (χ0) is 22.2. The molecule has 1 amide bonds. The van der Waals surface area contributed by atoms with Crippen LogP contribution in [0.5, 0.6) is 0 Å². The number of fused-ring (bicyclic) bond motifs is 2. The van der Waals surface area contributed by atoms with Crippen molar-refractivity contribution >= 4 is 50.6 Å². The van der Waals surface area contributed by atoms with Crippen molar-refractivity contribution in [2.75, 3.05) is 12.4 Å². The second-order valence-corrected chi connectivity index (χ2v) is 9.79. The second kappa shape index (κ2) is 8.48. The molecule has 1 aliphatic carbocycles. The van der Waals surface area contributed by atoms with E-state index < -0.39 is 5.97 Å². The molecule has 32 heavy (non-hydrogen) atoms. The number of nitrogens with zero attached hydrogens (tertiary/aromatic N) is 3. The van der Waals surface area contributed by atoms with Crippen LogP contribution in [0.2, 0.25) is 0 Å². The Balaban J connectivity index is 1.45. The Kier molecular flexibility index (Phi) is 5.52. The van der Waals surface area contributed by atoms with Gasteiger partial charge in [-0.2, -0.15) is 5.10 Å². The molecule has 0 saturated carbocycles. The molecule has 0 saturated heterocycles. The highest BCUT2D eigenvalue weighted by atomic mass is 32.1. The molecule has 4 aromatic rings. The van der Waals surface area contributed by atoms with Crippen LogP contribution in [0, 0.1) is 6.92 Å². The number of aromatic nitrogens is 3. The second-order valence-electron chi connectivity index (χ2n) is 7.73. The van der Waals surface area contributed by atoms with Crippen LogP contribution in [0.4, 0.5) is 5.00 Å². The minimum Gasteiger partial charge on any atom is -0.465 e. The number of esters is 1. The molecular formula is C23H22N4O3S2. The van der Waals surface area contributed by atoms with Crippen molar-refractivity contribution in [3.63, 3.8) is 0 Å². The lowest BCUT2D eigenvalue weighted by Gasteiger charge is -2.11. The summed E-state index contributed by atoms with van der Waals surface area (Å²) < 4.78 is 6.63. The zero-order valence-corrected chi connectivity index (χ0v) is 19.4. The van der Waals surface area contributed by atoms with Crippen molar-refractivity contribution in [2.24, 2.45) is 0 Å². The molecule has 4 aromatic heterocycles. The summed E-state index contributed by atoms with van der Waals surface area (Å²) in [5, 5.41) is 11.1. The average Bonchev–Trinajstić information content (AvgIpc) is 3.51. The van der Waals surface area contributed by atoms with Crippen molar-refractivity contribution in [1.29, 1.82) is 0 Å². The molecule has 0 radical (unpaired) electrons. The molecule has 0 unspecified atom stereocenters. The molecule has 1 N–H and O–H groups in total. The van der Waals surface area contributed by atoms with Crippen LogP contribution < -0.4 is 5.32 Å². The van der Waals surface area contributed by atoms with Crippen molar-refractivity contribution < 1.29 is 14.3 Å². The first-order valence-corrected chi connectivity index (χ1v) is 12.1. The first-order chi connectivity index (χ1) is 15.6. The summed E-state index contributed by atoms with van der Waals surface area (Å²) in [6.07, 6.45) is 5.65. The topological polar surface area (TPSA) is 86.1 Å². The quantitative estimate of drug-likeness (QED) is 0.426. The Bertz CT molecular complexity index is 1320. The molecule has 9 heteroatoms. The first kappa shape index (κ1) is 20.8. The number of hydrogen-bond donors (Lipinski definition) is 1. The summed E-state index contributed by atoms with van der Waals surface area (Å²) in [6, 6.07) is 6.06. The smallest absolute Gasteiger partial charge is 0.341 e. The lowest BCUT2D eigenvalue weighted by Crippen LogP contribution is -2.21. The van der Waals surface area contributed by atoms with Crippen molar-refractivity contribution in [3.8, 4) is 10.4 Å². The third-order valence-corrected chi connectivity index (χ3v) is 7.81. The largest absolute Gasteiger partial charge is 0.465 e. The molecule has 0 fully saturated rings. The summed E-state index contributed by atoms with van der Waals surface area (Å²) in [5.41, 5.74) is 4.08. The zero-order valence-electron chi connectivity index (χ0n) is 17.8. The highest BCUT2D eigenvalue weighted by molar-refractivity contribution is 7.17. The normalized spacial score (nSPS) is 13.2. The first-order valence-electron chi connectivity index (χ1n) is 10.5. The van der Waals surface area contributed by atoms with E-state index in [-0.39, 0.29) is 12.5 Å². The predicted octanol–water partition coefficient (Wildman–Crippen LogP) is 4.83. The fourth-order valence-electron chi connectivity index (χ4n) is 4.30. The third-order valence-electron chi connectivity index (χ3n) is 5.70. The van der Waals surface area contributed by atoms with Gasteiger partial charge in [-0.15, -0.1) is 22.7 Å². The van der Waals surface area contributed by atoms with Crippen LogP contribution in [-0.4, -0.2) is 33.8 Å². The number of ether oxygens (including phenoxy) is 1. The predicted molar refractivity (Wildman–Crippen MR) is 127 cm³/mol. The van der Waals surface area contributed by atoms with E-state index in [0.717, 1.165) is 57.6 Å². The van der Waals surface area contributed by atoms with Gasteiger partial charge in [0, 0.05) is 21.5 Å². The van der Waals surface area contributed by atoms with Gasteiger partial charge in [-0.3, -0.25) is 4.79 Å². The Morgan fingerprint density at radius 2 is 2.09 bits per heavy atom. The van der Waals surface area contributed by atoms with E-state index in [2.05, 4.69) is 21.5 Å². The molecular weight excluding hydrogens is 444 g/mol. The molecule has 0 spiro atoms. The van der Waals surface area contributed by atoms with E-state index in [1.807, 2.05) is 24.4 Å².